The molecule has 9 atom stereocenters. The second-order valence-corrected chi connectivity index (χ2v) is 20.8. The summed E-state index contributed by atoms with van der Waals surface area (Å²) in [6.07, 6.45) is -10.1. The quantitative estimate of drug-likeness (QED) is 0.0416. The Morgan fingerprint density at radius 1 is 0.338 bits per heavy atom. The smallest absolute Gasteiger partial charge is 0.224 e. The fourth-order valence-electron chi connectivity index (χ4n) is 13.8. The van der Waals surface area contributed by atoms with Crippen molar-refractivity contribution >= 4 is 0 Å². The molecule has 80 heavy (non-hydrogen) atoms. The highest BCUT2D eigenvalue weighted by atomic mass is 16.8. The number of ether oxygens (including phenoxy) is 3. The maximum Gasteiger partial charge on any atom is 0.224 e. The van der Waals surface area contributed by atoms with Gasteiger partial charge in [0.2, 0.25) is 11.6 Å². The van der Waals surface area contributed by atoms with Crippen molar-refractivity contribution in [3.8, 4) is 0 Å². The van der Waals surface area contributed by atoms with Gasteiger partial charge in [0.05, 0.1) is 24.0 Å². The molecule has 9 aromatic rings. The third kappa shape index (κ3) is 7.70. The Bertz CT molecular complexity index is 3130. The molecule has 0 bridgehead atoms. The van der Waals surface area contributed by atoms with Crippen LogP contribution in [0.2, 0.25) is 0 Å². The van der Waals surface area contributed by atoms with E-state index in [9.17, 15) is 30.6 Å². The monoisotopic (exact) mass is 1070 g/mol. The van der Waals surface area contributed by atoms with Gasteiger partial charge in [-0.25, -0.2) is 0 Å². The van der Waals surface area contributed by atoms with E-state index in [1.165, 1.54) is 0 Å². The third-order valence-electron chi connectivity index (χ3n) is 17.0. The minimum Gasteiger partial charge on any atom is -0.394 e. The molecule has 0 aromatic heterocycles. The first kappa shape index (κ1) is 54.5. The summed E-state index contributed by atoms with van der Waals surface area (Å²) < 4.78 is 22.6. The zero-order valence-electron chi connectivity index (χ0n) is 43.8. The molecule has 2 fully saturated rings. The Morgan fingerprint density at radius 3 is 0.850 bits per heavy atom. The summed E-state index contributed by atoms with van der Waals surface area (Å²) >= 11 is 0. The molecule has 11 nitrogen and oxygen atoms in total. The fourth-order valence-corrected chi connectivity index (χ4v) is 13.8. The van der Waals surface area contributed by atoms with Crippen LogP contribution in [0.1, 0.15) is 50.1 Å². The SMILES string of the molecule is OC[C@H]1OC(CO)(O[C@]2(C(c3ccccc3)(c3ccccc3)c3ccccc3)O[C@H](CO)[C@@H](O)[C@@](O)(C(c3ccccc3)(c3ccccc3)c3ccccc3)[C@]2(O)C(c2ccccc2)(c2ccccc2)c2ccccc2)[C@@H](O)[C@@H]1O. The van der Waals surface area contributed by atoms with Gasteiger partial charge in [0.15, 0.2) is 5.60 Å². The highest BCUT2D eigenvalue weighted by Crippen LogP contribution is 2.72. The summed E-state index contributed by atoms with van der Waals surface area (Å²) in [4.78, 5) is 0. The first-order valence-electron chi connectivity index (χ1n) is 26.9. The summed E-state index contributed by atoms with van der Waals surface area (Å²) in [5.74, 6) is -6.19. The van der Waals surface area contributed by atoms with Crippen LogP contribution in [-0.4, -0.2) is 114 Å². The van der Waals surface area contributed by atoms with Gasteiger partial charge in [0.25, 0.3) is 0 Å². The lowest BCUT2D eigenvalue weighted by molar-refractivity contribution is -0.496. The van der Waals surface area contributed by atoms with Crippen LogP contribution in [0.5, 0.6) is 0 Å². The Morgan fingerprint density at radius 2 is 0.600 bits per heavy atom. The number of aliphatic hydroxyl groups is 8. The predicted molar refractivity (Wildman–Crippen MR) is 303 cm³/mol. The van der Waals surface area contributed by atoms with Crippen LogP contribution in [-0.2, 0) is 30.5 Å². The van der Waals surface area contributed by atoms with Crippen molar-refractivity contribution in [2.24, 2.45) is 0 Å². The maximum absolute atomic E-state index is 17.5. The minimum absolute atomic E-state index is 0.329. The molecule has 0 spiro atoms. The molecule has 2 aliphatic rings. The molecule has 0 aliphatic carbocycles. The van der Waals surface area contributed by atoms with Gasteiger partial charge in [-0.1, -0.05) is 273 Å². The molecule has 11 heteroatoms. The number of rotatable bonds is 17. The number of aliphatic hydroxyl groups excluding tert-OH is 6. The first-order valence-corrected chi connectivity index (χ1v) is 26.9. The van der Waals surface area contributed by atoms with Crippen LogP contribution in [0.15, 0.2) is 273 Å². The maximum atomic E-state index is 17.5. The second-order valence-electron chi connectivity index (χ2n) is 20.8. The molecule has 2 heterocycles. The Balaban J connectivity index is 1.54. The summed E-state index contributed by atoms with van der Waals surface area (Å²) in [5.41, 5.74) is -10.5. The summed E-state index contributed by atoms with van der Waals surface area (Å²) in [6, 6.07) is 81.4. The number of hydrogen-bond donors (Lipinski definition) is 8. The van der Waals surface area contributed by atoms with Gasteiger partial charge in [0.1, 0.15) is 48.1 Å². The van der Waals surface area contributed by atoms with Crippen molar-refractivity contribution in [3.05, 3.63) is 323 Å². The molecule has 8 N–H and O–H groups in total. The molecule has 406 valence electrons. The second kappa shape index (κ2) is 21.9. The molecule has 0 amide bonds. The minimum atomic E-state index is -3.49. The van der Waals surface area contributed by atoms with E-state index in [-0.39, 0.29) is 0 Å². The molecule has 2 saturated heterocycles. The summed E-state index contributed by atoms with van der Waals surface area (Å²) in [6.45, 7) is -3.18. The highest BCUT2D eigenvalue weighted by Gasteiger charge is 2.90. The van der Waals surface area contributed by atoms with Gasteiger partial charge < -0.3 is 55.1 Å². The van der Waals surface area contributed by atoms with Gasteiger partial charge >= 0.3 is 0 Å². The van der Waals surface area contributed by atoms with Crippen molar-refractivity contribution in [2.45, 2.75) is 69.5 Å². The average molecular weight is 1070 g/mol. The fraction of sp³-hybridized carbons (Fsp3) is 0.217. The Hall–Kier alpha value is -7.46. The van der Waals surface area contributed by atoms with E-state index in [4.69, 9.17) is 14.2 Å². The van der Waals surface area contributed by atoms with Crippen molar-refractivity contribution in [2.75, 3.05) is 19.8 Å². The zero-order chi connectivity index (χ0) is 55.6. The molecule has 9 aromatic carbocycles. The molecule has 11 rings (SSSR count). The van der Waals surface area contributed by atoms with Crippen LogP contribution in [0.25, 0.3) is 0 Å². The summed E-state index contributed by atoms with van der Waals surface area (Å²) in [7, 11) is 0. The number of hydrogen-bond acceptors (Lipinski definition) is 11. The molecule has 0 saturated carbocycles. The van der Waals surface area contributed by atoms with Gasteiger partial charge in [0, 0.05) is 0 Å². The van der Waals surface area contributed by atoms with E-state index in [0.717, 1.165) is 0 Å². The van der Waals surface area contributed by atoms with Crippen LogP contribution in [0.3, 0.4) is 0 Å². The van der Waals surface area contributed by atoms with Gasteiger partial charge in [-0.15, -0.1) is 0 Å². The Labute approximate surface area is 465 Å². The number of benzene rings is 9. The van der Waals surface area contributed by atoms with Crippen molar-refractivity contribution in [3.63, 3.8) is 0 Å². The predicted octanol–water partition coefficient (Wildman–Crippen LogP) is 7.82. The zero-order valence-corrected chi connectivity index (χ0v) is 43.8. The molecular formula is C69H64O11. The Kier molecular flexibility index (Phi) is 14.9. The largest absolute Gasteiger partial charge is 0.394 e. The molecule has 2 aliphatic heterocycles. The van der Waals surface area contributed by atoms with Gasteiger partial charge in [-0.3, -0.25) is 0 Å². The van der Waals surface area contributed by atoms with E-state index in [2.05, 4.69) is 0 Å². The van der Waals surface area contributed by atoms with Crippen molar-refractivity contribution < 1.29 is 55.1 Å². The van der Waals surface area contributed by atoms with Crippen LogP contribution in [0.4, 0.5) is 0 Å². The highest BCUT2D eigenvalue weighted by molar-refractivity contribution is 5.67. The molecule has 1 unspecified atom stereocenters. The van der Waals surface area contributed by atoms with E-state index in [1.807, 2.05) is 164 Å². The standard InChI is InChI=1S/C69H64O11/c70-46-58-60(73)62(75)63(48-72,78-58)80-69(66(55-40-22-7-23-41-55,56-42-24-8-25-43-56)57-44-26-9-27-45-57)68(77,65(52-34-16-4-17-35-52,53-36-18-5-19-37-53)54-38-20-6-21-39-54)67(76,61(74)59(47-71)79-69)64(49-28-10-1-11-29-49,50-30-12-2-13-31-50)51-32-14-3-15-33-51/h1-45,58-62,70-77H,46-48H2/t58-,59-,60-,61-,62+,63?,67-,68-,69+/m1/s1. The summed E-state index contributed by atoms with van der Waals surface area (Å²) in [5, 5.41) is 109. The normalized spacial score (nSPS) is 26.2. The van der Waals surface area contributed by atoms with Crippen LogP contribution < -0.4 is 0 Å². The van der Waals surface area contributed by atoms with E-state index in [0.29, 0.717) is 50.1 Å². The lowest BCUT2D eigenvalue weighted by atomic mass is 9.38. The average Bonchev–Trinajstić information content (AvgIpc) is 0.742. The lowest BCUT2D eigenvalue weighted by Crippen LogP contribution is -2.93. The van der Waals surface area contributed by atoms with E-state index in [1.54, 1.807) is 109 Å². The topological polar surface area (TPSA) is 190 Å². The third-order valence-corrected chi connectivity index (χ3v) is 17.0. The van der Waals surface area contributed by atoms with Crippen molar-refractivity contribution in [1.29, 1.82) is 0 Å². The van der Waals surface area contributed by atoms with Gasteiger partial charge in [-0.2, -0.15) is 0 Å². The molecular weight excluding hydrogens is 1000 g/mol. The van der Waals surface area contributed by atoms with E-state index >= 15 is 10.2 Å². The lowest BCUT2D eigenvalue weighted by Gasteiger charge is -2.74. The van der Waals surface area contributed by atoms with E-state index < -0.39 is 89.4 Å². The first-order chi connectivity index (χ1) is 39.0. The van der Waals surface area contributed by atoms with Gasteiger partial charge in [-0.05, 0) is 50.1 Å². The molecule has 0 radical (unpaired) electrons. The van der Waals surface area contributed by atoms with Crippen LogP contribution in [0, 0.1) is 0 Å². The van der Waals surface area contributed by atoms with Crippen molar-refractivity contribution in [1.82, 2.24) is 0 Å². The van der Waals surface area contributed by atoms with Crippen LogP contribution >= 0.6 is 0 Å².